The number of carbonyl (C=O) groups excluding carboxylic acids is 3. The highest BCUT2D eigenvalue weighted by Gasteiger charge is 2.61. The van der Waals surface area contributed by atoms with Crippen LogP contribution in [0.25, 0.3) is 5.76 Å². The lowest BCUT2D eigenvalue weighted by atomic mass is 9.66. The van der Waals surface area contributed by atoms with Crippen molar-refractivity contribution in [2.75, 3.05) is 12.4 Å². The lowest BCUT2D eigenvalue weighted by Crippen LogP contribution is -2.47. The van der Waals surface area contributed by atoms with E-state index in [0.29, 0.717) is 21.3 Å². The highest BCUT2D eigenvalue weighted by Crippen LogP contribution is 2.54. The summed E-state index contributed by atoms with van der Waals surface area (Å²) < 4.78 is 11.4. The molecule has 1 spiro atoms. The minimum Gasteiger partial charge on any atom is -0.465 e. The summed E-state index contributed by atoms with van der Waals surface area (Å²) in [7, 11) is 1.18. The maximum absolute atomic E-state index is 13.5. The van der Waals surface area contributed by atoms with Crippen LogP contribution in [0.1, 0.15) is 18.1 Å². The van der Waals surface area contributed by atoms with Crippen molar-refractivity contribution in [1.29, 1.82) is 0 Å². The molecule has 2 aromatic rings. The van der Waals surface area contributed by atoms with Crippen LogP contribution in [0, 0.1) is 0 Å². The van der Waals surface area contributed by atoms with Gasteiger partial charge in [-0.3, -0.25) is 9.59 Å². The fourth-order valence-corrected chi connectivity index (χ4v) is 4.40. The lowest BCUT2D eigenvalue weighted by molar-refractivity contribution is -0.138. The molecule has 30 heavy (non-hydrogen) atoms. The Labute approximate surface area is 180 Å². The maximum atomic E-state index is 13.5. The van der Waals surface area contributed by atoms with Crippen molar-refractivity contribution < 1.29 is 23.9 Å². The first-order valence-corrected chi connectivity index (χ1v) is 9.80. The van der Waals surface area contributed by atoms with Crippen molar-refractivity contribution in [1.82, 2.24) is 0 Å². The van der Waals surface area contributed by atoms with Crippen molar-refractivity contribution >= 4 is 45.0 Å². The van der Waals surface area contributed by atoms with E-state index in [1.54, 1.807) is 42.5 Å². The first kappa shape index (κ1) is 19.9. The normalized spacial score (nSPS) is 20.0. The number of ketones is 1. The molecular formula is C22H17BrN2O5. The predicted molar refractivity (Wildman–Crippen MR) is 113 cm³/mol. The Kier molecular flexibility index (Phi) is 4.74. The molecule has 3 N–H and O–H groups in total. The lowest BCUT2D eigenvalue weighted by Gasteiger charge is -2.36. The number of fused-ring (bicyclic) bond motifs is 2. The fourth-order valence-electron chi connectivity index (χ4n) is 4.04. The van der Waals surface area contributed by atoms with Gasteiger partial charge >= 0.3 is 5.97 Å². The van der Waals surface area contributed by atoms with Crippen LogP contribution >= 0.6 is 15.9 Å². The van der Waals surface area contributed by atoms with E-state index < -0.39 is 23.1 Å². The first-order valence-electron chi connectivity index (χ1n) is 9.01. The van der Waals surface area contributed by atoms with Crippen LogP contribution in [-0.2, 0) is 29.3 Å². The van der Waals surface area contributed by atoms with E-state index in [1.165, 1.54) is 14.0 Å². The average Bonchev–Trinajstić information content (AvgIpc) is 2.99. The molecule has 8 heteroatoms. The number of hydrogen-bond acceptors (Lipinski definition) is 6. The zero-order valence-electron chi connectivity index (χ0n) is 16.1. The SMILES string of the molecule is COC(=O)C1=C(N)OC(c2ccccc2)=C(C(C)=O)[C@@]12C(=O)Nc1ccc(Br)cc12. The predicted octanol–water partition coefficient (Wildman–Crippen LogP) is 3.01. The quantitative estimate of drug-likeness (QED) is 0.670. The summed E-state index contributed by atoms with van der Waals surface area (Å²) in [4.78, 5) is 39.3. The average molecular weight is 469 g/mol. The minimum atomic E-state index is -1.81. The van der Waals surface area contributed by atoms with Crippen LogP contribution in [0.15, 0.2) is 70.0 Å². The fraction of sp³-hybridized carbons (Fsp3) is 0.136. The highest BCUT2D eigenvalue weighted by molar-refractivity contribution is 9.10. The van der Waals surface area contributed by atoms with E-state index in [4.69, 9.17) is 15.2 Å². The van der Waals surface area contributed by atoms with Crippen molar-refractivity contribution in [3.05, 3.63) is 81.2 Å². The molecule has 0 radical (unpaired) electrons. The third kappa shape index (κ3) is 2.68. The number of rotatable bonds is 3. The van der Waals surface area contributed by atoms with E-state index in [-0.39, 0.29) is 22.8 Å². The van der Waals surface area contributed by atoms with Gasteiger partial charge in [-0.2, -0.15) is 0 Å². The number of methoxy groups -OCH3 is 1. The number of esters is 1. The Balaban J connectivity index is 2.17. The van der Waals surface area contributed by atoms with Crippen molar-refractivity contribution in [3.8, 4) is 0 Å². The summed E-state index contributed by atoms with van der Waals surface area (Å²) in [5.74, 6) is -2.06. The first-order chi connectivity index (χ1) is 14.3. The van der Waals surface area contributed by atoms with Crippen LogP contribution in [0.4, 0.5) is 5.69 Å². The van der Waals surface area contributed by atoms with Gasteiger partial charge in [0.25, 0.3) is 0 Å². The molecule has 2 heterocycles. The van der Waals surface area contributed by atoms with Gasteiger partial charge in [-0.1, -0.05) is 46.3 Å². The molecule has 4 rings (SSSR count). The zero-order valence-corrected chi connectivity index (χ0v) is 17.7. The van der Waals surface area contributed by atoms with Crippen molar-refractivity contribution in [3.63, 3.8) is 0 Å². The molecule has 2 aliphatic rings. The molecule has 0 fully saturated rings. The van der Waals surface area contributed by atoms with Crippen LogP contribution < -0.4 is 11.1 Å². The molecule has 0 saturated heterocycles. The van der Waals surface area contributed by atoms with Crippen molar-refractivity contribution in [2.45, 2.75) is 12.3 Å². The number of amides is 1. The summed E-state index contributed by atoms with van der Waals surface area (Å²) in [6, 6.07) is 13.9. The Hall–Kier alpha value is -3.39. The number of benzene rings is 2. The maximum Gasteiger partial charge on any atom is 0.340 e. The number of nitrogens with two attached hydrogens (primary N) is 1. The number of Topliss-reactive ketones (excluding diaryl/α,β-unsaturated/α-hetero) is 1. The standard InChI is InChI=1S/C22H17BrN2O5/c1-11(26)16-18(12-6-4-3-5-7-12)30-19(24)17(20(27)29-2)22(16)14-10-13(23)8-9-15(14)25-21(22)28/h3-10H,24H2,1-2H3,(H,25,28)/t22-/m1/s1. The van der Waals surface area contributed by atoms with Gasteiger partial charge in [0.1, 0.15) is 16.7 Å². The van der Waals surface area contributed by atoms with Crippen LogP contribution in [-0.4, -0.2) is 24.8 Å². The second-order valence-electron chi connectivity index (χ2n) is 6.85. The molecule has 1 amide bonds. The van der Waals surface area contributed by atoms with E-state index in [1.807, 2.05) is 6.07 Å². The van der Waals surface area contributed by atoms with Gasteiger partial charge in [-0.25, -0.2) is 4.79 Å². The molecule has 0 saturated carbocycles. The van der Waals surface area contributed by atoms with Crippen LogP contribution in [0.2, 0.25) is 0 Å². The van der Waals surface area contributed by atoms with Gasteiger partial charge in [0.15, 0.2) is 5.78 Å². The molecule has 2 aromatic carbocycles. The van der Waals surface area contributed by atoms with E-state index in [2.05, 4.69) is 21.2 Å². The Morgan fingerprint density at radius 3 is 2.47 bits per heavy atom. The smallest absolute Gasteiger partial charge is 0.340 e. The second kappa shape index (κ2) is 7.14. The Morgan fingerprint density at radius 2 is 1.83 bits per heavy atom. The monoisotopic (exact) mass is 468 g/mol. The molecule has 1 atom stereocenters. The highest BCUT2D eigenvalue weighted by atomic mass is 79.9. The largest absolute Gasteiger partial charge is 0.465 e. The number of nitrogens with one attached hydrogen (secondary N) is 1. The molecule has 2 aliphatic heterocycles. The third-order valence-corrected chi connectivity index (χ3v) is 5.68. The molecule has 152 valence electrons. The van der Waals surface area contributed by atoms with Crippen LogP contribution in [0.5, 0.6) is 0 Å². The van der Waals surface area contributed by atoms with Gasteiger partial charge in [-0.15, -0.1) is 0 Å². The molecule has 7 nitrogen and oxygen atoms in total. The molecule has 0 aliphatic carbocycles. The number of halogens is 1. The minimum absolute atomic E-state index is 0.0117. The van der Waals surface area contributed by atoms with Gasteiger partial charge in [0, 0.05) is 21.3 Å². The van der Waals surface area contributed by atoms with Gasteiger partial charge in [0.2, 0.25) is 11.8 Å². The summed E-state index contributed by atoms with van der Waals surface area (Å²) in [6.07, 6.45) is 0. The van der Waals surface area contributed by atoms with Gasteiger partial charge < -0.3 is 20.5 Å². The van der Waals surface area contributed by atoms with E-state index in [9.17, 15) is 14.4 Å². The van der Waals surface area contributed by atoms with Gasteiger partial charge in [0.05, 0.1) is 12.7 Å². The van der Waals surface area contributed by atoms with Crippen LogP contribution in [0.3, 0.4) is 0 Å². The molecule has 0 unspecified atom stereocenters. The summed E-state index contributed by atoms with van der Waals surface area (Å²) in [5, 5.41) is 2.77. The summed E-state index contributed by atoms with van der Waals surface area (Å²) in [6.45, 7) is 1.32. The molecular weight excluding hydrogens is 452 g/mol. The Morgan fingerprint density at radius 1 is 1.13 bits per heavy atom. The second-order valence-corrected chi connectivity index (χ2v) is 7.77. The number of carbonyl (C=O) groups is 3. The summed E-state index contributed by atoms with van der Waals surface area (Å²) >= 11 is 3.41. The summed E-state index contributed by atoms with van der Waals surface area (Å²) in [5.41, 5.74) is 5.56. The van der Waals surface area contributed by atoms with E-state index >= 15 is 0 Å². The van der Waals surface area contributed by atoms with Crippen molar-refractivity contribution in [2.24, 2.45) is 5.73 Å². The Bertz CT molecular complexity index is 1170. The molecule has 0 bridgehead atoms. The van der Waals surface area contributed by atoms with Gasteiger partial charge in [-0.05, 0) is 25.1 Å². The van der Waals surface area contributed by atoms with E-state index in [0.717, 1.165) is 0 Å². The third-order valence-electron chi connectivity index (χ3n) is 5.19. The number of anilines is 1. The topological polar surface area (TPSA) is 108 Å². The number of ether oxygens (including phenoxy) is 2. The molecule has 0 aromatic heterocycles. The number of hydrogen-bond donors (Lipinski definition) is 2. The zero-order chi connectivity index (χ0) is 21.6.